The van der Waals surface area contributed by atoms with Crippen LogP contribution in [-0.4, -0.2) is 94.2 Å². The lowest BCUT2D eigenvalue weighted by atomic mass is 9.89. The summed E-state index contributed by atoms with van der Waals surface area (Å²) >= 11 is 2.32. The largest absolute Gasteiger partial charge is 0.504 e. The molecule has 9 N–H and O–H groups in total. The van der Waals surface area contributed by atoms with Gasteiger partial charge in [0, 0.05) is 41.7 Å². The number of fused-ring (bicyclic) bond motifs is 1. The number of Topliss-reactive ketones (excluding diaryl/α,β-unsaturated/α-hetero) is 2. The van der Waals surface area contributed by atoms with E-state index in [9.17, 15) is 39.3 Å². The number of aromatic nitrogens is 3. The molecule has 51 heavy (non-hydrogen) atoms. The molecule has 2 aromatic heterocycles. The van der Waals surface area contributed by atoms with Crippen LogP contribution in [0.5, 0.6) is 11.5 Å². The Hall–Kier alpha value is -5.76. The number of thioether (sulfide) groups is 1. The highest BCUT2D eigenvalue weighted by molar-refractivity contribution is 8.00. The molecule has 3 aromatic rings. The maximum Gasteiger partial charge on any atom is 0.352 e. The van der Waals surface area contributed by atoms with Crippen LogP contribution in [0, 0.1) is 5.92 Å². The number of nitrogens with zero attached hydrogens (tertiary/aromatic N) is 5. The lowest BCUT2D eigenvalue weighted by Gasteiger charge is -2.49. The van der Waals surface area contributed by atoms with Gasteiger partial charge in [0.25, 0.3) is 12.1 Å². The zero-order valence-corrected chi connectivity index (χ0v) is 28.5. The van der Waals surface area contributed by atoms with Crippen molar-refractivity contribution in [1.29, 1.82) is 0 Å². The van der Waals surface area contributed by atoms with Gasteiger partial charge in [-0.2, -0.15) is 0 Å². The normalized spacial score (nSPS) is 17.7. The van der Waals surface area contributed by atoms with Crippen LogP contribution in [0.15, 0.2) is 52.5 Å². The van der Waals surface area contributed by atoms with Gasteiger partial charge in [0.2, 0.25) is 12.0 Å². The molecule has 4 heterocycles. The van der Waals surface area contributed by atoms with Crippen LogP contribution in [0.25, 0.3) is 0 Å². The predicted molar refractivity (Wildman–Crippen MR) is 183 cm³/mol. The van der Waals surface area contributed by atoms with Crippen molar-refractivity contribution in [1.82, 2.24) is 14.9 Å². The minimum atomic E-state index is -1.37. The number of aliphatic carboxylic acids is 2. The molecule has 1 fully saturated rings. The first-order chi connectivity index (χ1) is 24.2. The number of nitrogens with one attached hydrogen (secondary N) is 1. The first kappa shape index (κ1) is 36.5. The summed E-state index contributed by atoms with van der Waals surface area (Å²) in [4.78, 5) is 77.2. The fourth-order valence-electron chi connectivity index (χ4n) is 5.28. The highest BCUT2D eigenvalue weighted by Crippen LogP contribution is 2.45. The number of phenolic OH excluding ortho intramolecular Hbond substituents is 2. The number of β-lactam (4-membered cyclic amide) rings is 1. The van der Waals surface area contributed by atoms with Gasteiger partial charge in [-0.3, -0.25) is 19.3 Å². The Morgan fingerprint density at radius 2 is 1.96 bits per heavy atom. The van der Waals surface area contributed by atoms with Gasteiger partial charge in [0.1, 0.15) is 29.8 Å². The van der Waals surface area contributed by atoms with Gasteiger partial charge in [0.05, 0.1) is 11.3 Å². The molecular formula is C31H33N8O10S2+. The number of phenols is 2. The molecule has 2 aliphatic rings. The molecule has 1 unspecified atom stereocenters. The number of oxime groups is 1. The van der Waals surface area contributed by atoms with E-state index in [1.165, 1.54) is 48.6 Å². The Balaban J connectivity index is 1.24. The number of carboxylic acids is 2. The van der Waals surface area contributed by atoms with Crippen LogP contribution in [0.1, 0.15) is 42.2 Å². The Bertz CT molecular complexity index is 1970. The maximum atomic E-state index is 13.4. The van der Waals surface area contributed by atoms with Gasteiger partial charge in [-0.1, -0.05) is 5.16 Å². The van der Waals surface area contributed by atoms with Crippen LogP contribution < -0.4 is 21.4 Å². The van der Waals surface area contributed by atoms with E-state index in [-0.39, 0.29) is 76.0 Å². The number of carbonyl (C=O) groups is 5. The van der Waals surface area contributed by atoms with E-state index in [1.54, 1.807) is 10.8 Å². The second-order valence-corrected chi connectivity index (χ2v) is 13.5. The summed E-state index contributed by atoms with van der Waals surface area (Å²) in [6.07, 6.45) is 1.87. The Morgan fingerprint density at radius 1 is 1.20 bits per heavy atom. The summed E-state index contributed by atoms with van der Waals surface area (Å²) in [6.45, 7) is 1.62. The van der Waals surface area contributed by atoms with Crippen molar-refractivity contribution in [2.45, 2.75) is 44.2 Å². The smallest absolute Gasteiger partial charge is 0.352 e. The molecule has 3 atom stereocenters. The molecule has 5 rings (SSSR count). The lowest BCUT2D eigenvalue weighted by Crippen LogP contribution is -2.62. The number of anilines is 3. The van der Waals surface area contributed by atoms with Crippen molar-refractivity contribution in [3.63, 3.8) is 0 Å². The molecule has 0 spiro atoms. The topological polar surface area (TPSA) is 285 Å². The molecule has 1 amide bonds. The molecule has 1 aromatic carbocycles. The number of nitrogen functional groups attached to an aromatic ring is 2. The molecule has 0 radical (unpaired) electrons. The SMILES string of the molecule is C[C@H](O/N=C(\C(=O)C[C@@H]1C(=O)N2C(C(=O)O)=C(C[n+]3cnc(N)c(NCCCC(=O)c4ccc(O)c(O)c4)c3)CSC12)c1csc(N)n1)C(=O)O. The standard InChI is InChI=1S/C31H32N8O10S2/c1-14(29(45)46)49-37-24(19-12-51-31(33)36-19)23(43)8-17-27(44)39-25(30(47)48)16(11-50-28(17)39)9-38-10-18(26(32)35-13-38)34-6-2-3-20(40)15-4-5-21(41)22(42)7-15/h4-5,7,10,12-14,17,28,32,34H,2-3,6,8-9,11H2,1H3,(H6,33,36,37,40,41,42,43,45,46,47,48)/p+1/t14-,17+,28?/m0/s1. The van der Waals surface area contributed by atoms with Crippen LogP contribution in [0.3, 0.4) is 0 Å². The lowest BCUT2D eigenvalue weighted by molar-refractivity contribution is -0.691. The zero-order valence-electron chi connectivity index (χ0n) is 26.9. The van der Waals surface area contributed by atoms with Gasteiger partial charge in [-0.15, -0.1) is 23.1 Å². The first-order valence-electron chi connectivity index (χ1n) is 15.3. The summed E-state index contributed by atoms with van der Waals surface area (Å²) in [5, 5.41) is 46.1. The monoisotopic (exact) mass is 741 g/mol. The van der Waals surface area contributed by atoms with Crippen molar-refractivity contribution < 1.29 is 53.8 Å². The van der Waals surface area contributed by atoms with E-state index in [1.807, 2.05) is 0 Å². The van der Waals surface area contributed by atoms with Crippen LogP contribution in [0.4, 0.5) is 16.6 Å². The van der Waals surface area contributed by atoms with Gasteiger partial charge in [-0.25, -0.2) is 19.1 Å². The second kappa shape index (κ2) is 15.4. The Kier molecular flexibility index (Phi) is 11.0. The first-order valence-corrected chi connectivity index (χ1v) is 17.2. The van der Waals surface area contributed by atoms with E-state index in [0.29, 0.717) is 24.2 Å². The maximum absolute atomic E-state index is 13.4. The third-order valence-electron chi connectivity index (χ3n) is 7.93. The van der Waals surface area contributed by atoms with Gasteiger partial charge in [-0.05, 0) is 36.5 Å². The molecular weight excluding hydrogens is 709 g/mol. The number of hydrogen-bond acceptors (Lipinski definition) is 16. The fraction of sp³-hybridized carbons (Fsp3) is 0.323. The van der Waals surface area contributed by atoms with E-state index >= 15 is 0 Å². The van der Waals surface area contributed by atoms with Crippen LogP contribution in [0.2, 0.25) is 0 Å². The molecule has 2 aliphatic heterocycles. The van der Waals surface area contributed by atoms with Crippen LogP contribution in [-0.2, 0) is 30.6 Å². The number of nitrogens with two attached hydrogens (primary N) is 2. The van der Waals surface area contributed by atoms with E-state index in [4.69, 9.17) is 21.4 Å². The number of hydrogen-bond donors (Lipinski definition) is 7. The van der Waals surface area contributed by atoms with Crippen molar-refractivity contribution in [3.8, 4) is 11.5 Å². The number of rotatable bonds is 16. The van der Waals surface area contributed by atoms with E-state index < -0.39 is 41.0 Å². The zero-order chi connectivity index (χ0) is 37.0. The molecule has 268 valence electrons. The van der Waals surface area contributed by atoms with Crippen molar-refractivity contribution >= 4 is 74.9 Å². The minimum Gasteiger partial charge on any atom is -0.504 e. The summed E-state index contributed by atoms with van der Waals surface area (Å²) in [6, 6.07) is 3.85. The highest BCUT2D eigenvalue weighted by atomic mass is 32.2. The molecule has 0 aliphatic carbocycles. The Morgan fingerprint density at radius 3 is 2.63 bits per heavy atom. The number of amides is 1. The predicted octanol–water partition coefficient (Wildman–Crippen LogP) is 1.20. The molecule has 0 bridgehead atoms. The number of aromatic hydroxyl groups is 2. The molecule has 20 heteroatoms. The number of carbonyl (C=O) groups excluding carboxylic acids is 3. The van der Waals surface area contributed by atoms with Gasteiger partial charge < -0.3 is 42.0 Å². The van der Waals surface area contributed by atoms with E-state index in [2.05, 4.69) is 20.4 Å². The second-order valence-electron chi connectivity index (χ2n) is 11.5. The van der Waals surface area contributed by atoms with Gasteiger partial charge in [0.15, 0.2) is 33.9 Å². The molecule has 1 saturated heterocycles. The number of thiazole rings is 1. The summed E-state index contributed by atoms with van der Waals surface area (Å²) in [5.41, 5.74) is 12.4. The number of carboxylic acid groups (broad SMARTS) is 2. The number of benzene rings is 1. The van der Waals surface area contributed by atoms with Crippen molar-refractivity contribution in [3.05, 3.63) is 58.6 Å². The van der Waals surface area contributed by atoms with E-state index in [0.717, 1.165) is 16.2 Å². The van der Waals surface area contributed by atoms with Gasteiger partial charge >= 0.3 is 11.9 Å². The van der Waals surface area contributed by atoms with Crippen LogP contribution >= 0.6 is 23.1 Å². The number of ketones is 2. The average Bonchev–Trinajstić information content (AvgIpc) is 3.52. The van der Waals surface area contributed by atoms with Crippen molar-refractivity contribution in [2.75, 3.05) is 29.1 Å². The fourth-order valence-corrected chi connectivity index (χ4v) is 7.23. The average molecular weight is 742 g/mol. The third-order valence-corrected chi connectivity index (χ3v) is 10.00. The molecule has 18 nitrogen and oxygen atoms in total. The van der Waals surface area contributed by atoms with Crippen molar-refractivity contribution in [2.24, 2.45) is 11.1 Å². The Labute approximate surface area is 297 Å². The molecule has 0 saturated carbocycles. The summed E-state index contributed by atoms with van der Waals surface area (Å²) < 4.78 is 1.61. The summed E-state index contributed by atoms with van der Waals surface area (Å²) in [7, 11) is 0. The highest BCUT2D eigenvalue weighted by Gasteiger charge is 2.54. The summed E-state index contributed by atoms with van der Waals surface area (Å²) in [5.74, 6) is -5.30. The third kappa shape index (κ3) is 8.18. The minimum absolute atomic E-state index is 0.0557. The quantitative estimate of drug-likeness (QED) is 0.0206.